The molecule has 0 saturated heterocycles. The van der Waals surface area contributed by atoms with Gasteiger partial charge in [-0.1, -0.05) is 33.6 Å². The highest BCUT2D eigenvalue weighted by Crippen LogP contribution is 2.48. The molecule has 2 atom stereocenters. The maximum Gasteiger partial charge on any atom is 0.113 e. The lowest BCUT2D eigenvalue weighted by Crippen LogP contribution is -2.51. The fraction of sp³-hybridized carbons (Fsp3) is 0.786. The summed E-state index contributed by atoms with van der Waals surface area (Å²) in [5, 5.41) is 3.27. The summed E-state index contributed by atoms with van der Waals surface area (Å²) >= 11 is 1.74. The Morgan fingerprint density at radius 1 is 1.41 bits per heavy atom. The Morgan fingerprint density at radius 3 is 2.65 bits per heavy atom. The van der Waals surface area contributed by atoms with Crippen molar-refractivity contribution in [2.75, 3.05) is 0 Å². The molecule has 2 nitrogen and oxygen atoms in total. The largest absolute Gasteiger partial charge is 0.319 e. The first-order valence-electron chi connectivity index (χ1n) is 6.55. The Balaban J connectivity index is 2.38. The average Bonchev–Trinajstić information content (AvgIpc) is 2.64. The normalized spacial score (nSPS) is 30.5. The minimum atomic E-state index is -0.199. The van der Waals surface area contributed by atoms with Crippen LogP contribution in [0.25, 0.3) is 0 Å². The van der Waals surface area contributed by atoms with Gasteiger partial charge in [-0.3, -0.25) is 0 Å². The summed E-state index contributed by atoms with van der Waals surface area (Å²) in [4.78, 5) is 4.66. The van der Waals surface area contributed by atoms with E-state index in [-0.39, 0.29) is 11.0 Å². The second kappa shape index (κ2) is 4.36. The molecule has 96 valence electrons. The third kappa shape index (κ3) is 2.41. The van der Waals surface area contributed by atoms with Crippen molar-refractivity contribution in [2.24, 2.45) is 17.1 Å². The van der Waals surface area contributed by atoms with Crippen molar-refractivity contribution < 1.29 is 0 Å². The molecular formula is C14H24N2S. The van der Waals surface area contributed by atoms with Gasteiger partial charge in [-0.25, -0.2) is 4.98 Å². The molecule has 0 spiro atoms. The molecule has 2 rings (SSSR count). The van der Waals surface area contributed by atoms with Crippen LogP contribution in [0.1, 0.15) is 57.2 Å². The van der Waals surface area contributed by atoms with Crippen molar-refractivity contribution in [3.63, 3.8) is 0 Å². The van der Waals surface area contributed by atoms with E-state index in [0.717, 1.165) is 17.1 Å². The Bertz CT molecular complexity index is 391. The zero-order chi connectivity index (χ0) is 12.7. The highest BCUT2D eigenvalue weighted by Gasteiger charge is 2.46. The number of nitrogens with zero attached hydrogens (tertiary/aromatic N) is 1. The molecule has 2 unspecified atom stereocenters. The van der Waals surface area contributed by atoms with Gasteiger partial charge in [0.2, 0.25) is 0 Å². The second-order valence-corrected chi connectivity index (χ2v) is 7.36. The monoisotopic (exact) mass is 252 g/mol. The first-order valence-corrected chi connectivity index (χ1v) is 7.43. The van der Waals surface area contributed by atoms with Gasteiger partial charge < -0.3 is 5.73 Å². The lowest BCUT2D eigenvalue weighted by molar-refractivity contribution is 0.0775. The van der Waals surface area contributed by atoms with Crippen LogP contribution in [0.4, 0.5) is 0 Å². The summed E-state index contributed by atoms with van der Waals surface area (Å²) < 4.78 is 0. The van der Waals surface area contributed by atoms with Gasteiger partial charge >= 0.3 is 0 Å². The standard InChI is InChI=1S/C14H24N2S/c1-10-9-17-12(16-10)14(15)8-6-5-7-11(14)13(2,3)4/h9,11H,5-8,15H2,1-4H3. The average molecular weight is 252 g/mol. The highest BCUT2D eigenvalue weighted by molar-refractivity contribution is 7.09. The minimum absolute atomic E-state index is 0.199. The van der Waals surface area contributed by atoms with Crippen molar-refractivity contribution in [1.29, 1.82) is 0 Å². The lowest BCUT2D eigenvalue weighted by Gasteiger charge is -2.46. The van der Waals surface area contributed by atoms with Crippen LogP contribution in [-0.4, -0.2) is 4.98 Å². The van der Waals surface area contributed by atoms with E-state index in [1.54, 1.807) is 11.3 Å². The molecule has 1 fully saturated rings. The topological polar surface area (TPSA) is 38.9 Å². The smallest absolute Gasteiger partial charge is 0.113 e. The molecule has 0 aliphatic heterocycles. The van der Waals surface area contributed by atoms with Gasteiger partial charge in [0.25, 0.3) is 0 Å². The number of rotatable bonds is 1. The molecule has 1 aromatic heterocycles. The molecule has 0 aromatic carbocycles. The van der Waals surface area contributed by atoms with E-state index in [4.69, 9.17) is 5.73 Å². The van der Waals surface area contributed by atoms with Crippen molar-refractivity contribution in [3.8, 4) is 0 Å². The van der Waals surface area contributed by atoms with Crippen molar-refractivity contribution in [1.82, 2.24) is 4.98 Å². The van der Waals surface area contributed by atoms with E-state index in [1.165, 1.54) is 19.3 Å². The summed E-state index contributed by atoms with van der Waals surface area (Å²) in [5.41, 5.74) is 7.94. The maximum absolute atomic E-state index is 6.77. The second-order valence-electron chi connectivity index (χ2n) is 6.50. The fourth-order valence-electron chi connectivity index (χ4n) is 3.23. The van der Waals surface area contributed by atoms with Crippen LogP contribution in [0.15, 0.2) is 5.38 Å². The minimum Gasteiger partial charge on any atom is -0.319 e. The molecule has 1 aliphatic carbocycles. The molecule has 1 aliphatic rings. The van der Waals surface area contributed by atoms with Gasteiger partial charge in [-0.2, -0.15) is 0 Å². The molecule has 3 heteroatoms. The molecule has 0 amide bonds. The third-order valence-corrected chi connectivity index (χ3v) is 5.17. The zero-order valence-corrected chi connectivity index (χ0v) is 12.2. The van der Waals surface area contributed by atoms with Crippen LogP contribution in [0.5, 0.6) is 0 Å². The molecule has 1 heterocycles. The quantitative estimate of drug-likeness (QED) is 0.824. The number of aryl methyl sites for hydroxylation is 1. The van der Waals surface area contributed by atoms with Crippen LogP contribution in [0, 0.1) is 18.3 Å². The number of hydrogen-bond donors (Lipinski definition) is 1. The summed E-state index contributed by atoms with van der Waals surface area (Å²) in [6, 6.07) is 0. The Morgan fingerprint density at radius 2 is 2.12 bits per heavy atom. The number of hydrogen-bond acceptors (Lipinski definition) is 3. The number of aromatic nitrogens is 1. The van der Waals surface area contributed by atoms with Gasteiger partial charge in [0.1, 0.15) is 5.01 Å². The van der Waals surface area contributed by atoms with Crippen LogP contribution in [0.3, 0.4) is 0 Å². The summed E-state index contributed by atoms with van der Waals surface area (Å²) in [5.74, 6) is 0.536. The summed E-state index contributed by atoms with van der Waals surface area (Å²) in [6.07, 6.45) is 4.87. The van der Waals surface area contributed by atoms with Crippen LogP contribution in [0.2, 0.25) is 0 Å². The van der Waals surface area contributed by atoms with E-state index in [0.29, 0.717) is 5.92 Å². The van der Waals surface area contributed by atoms with Gasteiger partial charge in [0.15, 0.2) is 0 Å². The van der Waals surface area contributed by atoms with Gasteiger partial charge in [-0.05, 0) is 31.1 Å². The molecule has 0 bridgehead atoms. The van der Waals surface area contributed by atoms with Crippen LogP contribution < -0.4 is 5.73 Å². The van der Waals surface area contributed by atoms with E-state index in [1.807, 2.05) is 0 Å². The molecule has 17 heavy (non-hydrogen) atoms. The van der Waals surface area contributed by atoms with Gasteiger partial charge in [-0.15, -0.1) is 11.3 Å². The van der Waals surface area contributed by atoms with E-state index < -0.39 is 0 Å². The van der Waals surface area contributed by atoms with Gasteiger partial charge in [0.05, 0.1) is 5.54 Å². The Kier molecular flexibility index (Phi) is 3.34. The van der Waals surface area contributed by atoms with Crippen molar-refractivity contribution >= 4 is 11.3 Å². The lowest BCUT2D eigenvalue weighted by atomic mass is 9.62. The Labute approximate surface area is 109 Å². The summed E-state index contributed by atoms with van der Waals surface area (Å²) in [6.45, 7) is 8.99. The Hall–Kier alpha value is -0.410. The number of thiazole rings is 1. The third-order valence-electron chi connectivity index (χ3n) is 4.02. The van der Waals surface area contributed by atoms with Crippen LogP contribution >= 0.6 is 11.3 Å². The van der Waals surface area contributed by atoms with E-state index in [9.17, 15) is 0 Å². The molecule has 1 saturated carbocycles. The molecular weight excluding hydrogens is 228 g/mol. The van der Waals surface area contributed by atoms with E-state index >= 15 is 0 Å². The predicted octanol–water partition coefficient (Wildman–Crippen LogP) is 3.84. The van der Waals surface area contributed by atoms with Crippen molar-refractivity contribution in [2.45, 2.75) is 58.9 Å². The van der Waals surface area contributed by atoms with E-state index in [2.05, 4.69) is 38.1 Å². The fourth-order valence-corrected chi connectivity index (χ4v) is 4.22. The predicted molar refractivity (Wildman–Crippen MR) is 74.1 cm³/mol. The highest BCUT2D eigenvalue weighted by atomic mass is 32.1. The first-order chi connectivity index (χ1) is 7.84. The molecule has 0 radical (unpaired) electrons. The number of nitrogens with two attached hydrogens (primary N) is 1. The first kappa shape index (κ1) is 13.0. The maximum atomic E-state index is 6.77. The molecule has 2 N–H and O–H groups in total. The van der Waals surface area contributed by atoms with Crippen molar-refractivity contribution in [3.05, 3.63) is 16.1 Å². The zero-order valence-electron chi connectivity index (χ0n) is 11.4. The molecule has 1 aromatic rings. The SMILES string of the molecule is Cc1csc(C2(N)CCCCC2C(C)(C)C)n1. The van der Waals surface area contributed by atoms with Crippen LogP contribution in [-0.2, 0) is 5.54 Å². The summed E-state index contributed by atoms with van der Waals surface area (Å²) in [7, 11) is 0. The van der Waals surface area contributed by atoms with Gasteiger partial charge in [0, 0.05) is 11.1 Å².